The summed E-state index contributed by atoms with van der Waals surface area (Å²) in [4.78, 5) is 16.7. The average Bonchev–Trinajstić information content (AvgIpc) is 3.10. The molecule has 2 atom stereocenters. The number of aromatic nitrogens is 2. The number of nitrogens with zero attached hydrogens (tertiary/aromatic N) is 2. The molecule has 1 amide bonds. The van der Waals surface area contributed by atoms with E-state index in [1.54, 1.807) is 36.1 Å². The lowest BCUT2D eigenvalue weighted by Crippen LogP contribution is -2.36. The van der Waals surface area contributed by atoms with Crippen molar-refractivity contribution in [2.75, 3.05) is 11.5 Å². The monoisotopic (exact) mass is 351 g/mol. The first-order valence-corrected chi connectivity index (χ1v) is 9.41. The first-order chi connectivity index (χ1) is 11.4. The molecule has 0 spiro atoms. The first-order valence-electron chi connectivity index (χ1n) is 7.59. The molecule has 1 fully saturated rings. The number of hydrogen-bond acceptors (Lipinski definition) is 4. The van der Waals surface area contributed by atoms with Gasteiger partial charge < -0.3 is 9.88 Å². The zero-order chi connectivity index (χ0) is 17.3. The van der Waals surface area contributed by atoms with Crippen LogP contribution in [0.1, 0.15) is 23.9 Å². The fourth-order valence-corrected chi connectivity index (χ4v) is 4.64. The van der Waals surface area contributed by atoms with Crippen LogP contribution in [0.3, 0.4) is 0 Å². The van der Waals surface area contributed by atoms with Gasteiger partial charge in [0.25, 0.3) is 0 Å². The fraction of sp³-hybridized carbons (Fsp3) is 0.375. The second kappa shape index (κ2) is 6.35. The van der Waals surface area contributed by atoms with Gasteiger partial charge in [0.2, 0.25) is 5.91 Å². The van der Waals surface area contributed by atoms with Crippen LogP contribution in [0.15, 0.2) is 36.7 Å². The molecule has 1 N–H and O–H groups in total. The third-order valence-electron chi connectivity index (χ3n) is 4.19. The summed E-state index contributed by atoms with van der Waals surface area (Å²) in [6, 6.07) is 5.28. The Morgan fingerprint density at radius 2 is 2.25 bits per heavy atom. The molecule has 1 aliphatic rings. The van der Waals surface area contributed by atoms with Gasteiger partial charge in [-0.15, -0.1) is 0 Å². The van der Waals surface area contributed by atoms with E-state index in [0.29, 0.717) is 17.8 Å². The van der Waals surface area contributed by atoms with Crippen molar-refractivity contribution in [2.45, 2.75) is 12.5 Å². The highest BCUT2D eigenvalue weighted by molar-refractivity contribution is 7.91. The molecule has 24 heavy (non-hydrogen) atoms. The van der Waals surface area contributed by atoms with Gasteiger partial charge in [-0.25, -0.2) is 17.8 Å². The van der Waals surface area contributed by atoms with Crippen molar-refractivity contribution >= 4 is 15.7 Å². The van der Waals surface area contributed by atoms with Gasteiger partial charge in [0.05, 0.1) is 17.4 Å². The molecule has 1 aromatic heterocycles. The minimum atomic E-state index is -3.15. The Bertz CT molecular complexity index is 863. The molecule has 1 aromatic carbocycles. The molecule has 0 unspecified atom stereocenters. The predicted octanol–water partition coefficient (Wildman–Crippen LogP) is 1.20. The first kappa shape index (κ1) is 16.6. The number of rotatable bonds is 4. The minimum absolute atomic E-state index is 0.0259. The van der Waals surface area contributed by atoms with Gasteiger partial charge >= 0.3 is 0 Å². The molecule has 1 aliphatic heterocycles. The third-order valence-corrected chi connectivity index (χ3v) is 5.96. The van der Waals surface area contributed by atoms with Crippen molar-refractivity contribution in [3.63, 3.8) is 0 Å². The molecule has 0 saturated carbocycles. The van der Waals surface area contributed by atoms with E-state index in [4.69, 9.17) is 0 Å². The maximum atomic E-state index is 13.6. The number of aryl methyl sites for hydroxylation is 1. The van der Waals surface area contributed by atoms with Crippen molar-refractivity contribution in [1.82, 2.24) is 14.9 Å². The van der Waals surface area contributed by atoms with Gasteiger partial charge in [0.1, 0.15) is 17.7 Å². The largest absolute Gasteiger partial charge is 0.342 e. The van der Waals surface area contributed by atoms with Crippen molar-refractivity contribution in [2.24, 2.45) is 13.0 Å². The number of amides is 1. The van der Waals surface area contributed by atoms with Crippen LogP contribution in [0.2, 0.25) is 0 Å². The molecule has 2 heterocycles. The fourth-order valence-electron chi connectivity index (χ4n) is 2.90. The molecule has 1 saturated heterocycles. The second-order valence-electron chi connectivity index (χ2n) is 5.99. The van der Waals surface area contributed by atoms with Crippen LogP contribution in [0.5, 0.6) is 0 Å². The van der Waals surface area contributed by atoms with Crippen LogP contribution < -0.4 is 5.32 Å². The Kier molecular flexibility index (Phi) is 4.40. The van der Waals surface area contributed by atoms with Crippen molar-refractivity contribution in [3.05, 3.63) is 53.9 Å². The number of benzene rings is 1. The summed E-state index contributed by atoms with van der Waals surface area (Å²) < 4.78 is 38.5. The van der Waals surface area contributed by atoms with Crippen molar-refractivity contribution in [3.8, 4) is 0 Å². The number of carbonyl (C=O) groups excluding carboxylic acids is 1. The second-order valence-corrected chi connectivity index (χ2v) is 8.22. The smallest absolute Gasteiger partial charge is 0.225 e. The van der Waals surface area contributed by atoms with Gasteiger partial charge in [0.15, 0.2) is 9.84 Å². The quantitative estimate of drug-likeness (QED) is 0.897. The molecule has 0 radical (unpaired) electrons. The molecule has 128 valence electrons. The summed E-state index contributed by atoms with van der Waals surface area (Å²) in [6.07, 6.45) is 3.63. The van der Waals surface area contributed by atoms with Crippen molar-refractivity contribution < 1.29 is 17.6 Å². The molecule has 3 rings (SSSR count). The summed E-state index contributed by atoms with van der Waals surface area (Å²) in [5.74, 6) is -0.910. The Morgan fingerprint density at radius 3 is 2.83 bits per heavy atom. The zero-order valence-electron chi connectivity index (χ0n) is 13.1. The standard InChI is InChI=1S/C16H18FN3O3S/c1-20-7-6-18-15(20)14(11-3-2-4-13(17)9-11)19-16(21)12-5-8-24(22,23)10-12/h2-4,6-7,9,12,14H,5,8,10H2,1H3,(H,19,21)/t12-,14+/m1/s1. The highest BCUT2D eigenvalue weighted by atomic mass is 32.2. The summed E-state index contributed by atoms with van der Waals surface area (Å²) in [6.45, 7) is 0. The van der Waals surface area contributed by atoms with Gasteiger partial charge in [-0.3, -0.25) is 4.79 Å². The summed E-state index contributed by atoms with van der Waals surface area (Å²) in [5.41, 5.74) is 0.554. The predicted molar refractivity (Wildman–Crippen MR) is 86.4 cm³/mol. The number of nitrogens with one attached hydrogen (secondary N) is 1. The highest BCUT2D eigenvalue weighted by Crippen LogP contribution is 2.24. The van der Waals surface area contributed by atoms with E-state index in [0.717, 1.165) is 0 Å². The average molecular weight is 351 g/mol. The van der Waals surface area contributed by atoms with Gasteiger partial charge in [-0.2, -0.15) is 0 Å². The lowest BCUT2D eigenvalue weighted by molar-refractivity contribution is -0.124. The van der Waals surface area contributed by atoms with Crippen LogP contribution in [0, 0.1) is 11.7 Å². The van der Waals surface area contributed by atoms with Crippen LogP contribution in [-0.2, 0) is 21.7 Å². The highest BCUT2D eigenvalue weighted by Gasteiger charge is 2.34. The summed E-state index contributed by atoms with van der Waals surface area (Å²) in [5, 5.41) is 2.83. The van der Waals surface area contributed by atoms with E-state index in [9.17, 15) is 17.6 Å². The number of carbonyl (C=O) groups is 1. The summed E-state index contributed by atoms with van der Waals surface area (Å²) >= 11 is 0. The van der Waals surface area contributed by atoms with Crippen LogP contribution in [-0.4, -0.2) is 35.4 Å². The van der Waals surface area contributed by atoms with E-state index in [2.05, 4.69) is 10.3 Å². The number of sulfone groups is 1. The Hall–Kier alpha value is -2.22. The number of halogens is 1. The summed E-state index contributed by atoms with van der Waals surface area (Å²) in [7, 11) is -1.37. The minimum Gasteiger partial charge on any atom is -0.342 e. The normalized spacial score (nSPS) is 20.7. The Labute approximate surface area is 139 Å². The molecule has 6 nitrogen and oxygen atoms in total. The molecular formula is C16H18FN3O3S. The van der Waals surface area contributed by atoms with E-state index in [1.807, 2.05) is 0 Å². The molecular weight excluding hydrogens is 333 g/mol. The Balaban J connectivity index is 1.89. The van der Waals surface area contributed by atoms with Gasteiger partial charge in [-0.05, 0) is 24.1 Å². The zero-order valence-corrected chi connectivity index (χ0v) is 14.0. The van der Waals surface area contributed by atoms with Gasteiger partial charge in [0, 0.05) is 19.4 Å². The number of hydrogen-bond donors (Lipinski definition) is 1. The SMILES string of the molecule is Cn1ccnc1[C@@H](NC(=O)[C@@H]1CCS(=O)(=O)C1)c1cccc(F)c1. The van der Waals surface area contributed by atoms with Crippen LogP contribution in [0.4, 0.5) is 4.39 Å². The van der Waals surface area contributed by atoms with Crippen LogP contribution >= 0.6 is 0 Å². The Morgan fingerprint density at radius 1 is 1.46 bits per heavy atom. The molecule has 2 aromatic rings. The lowest BCUT2D eigenvalue weighted by atomic mass is 10.0. The van der Waals surface area contributed by atoms with E-state index >= 15 is 0 Å². The van der Waals surface area contributed by atoms with E-state index < -0.39 is 27.6 Å². The van der Waals surface area contributed by atoms with Crippen molar-refractivity contribution in [1.29, 1.82) is 0 Å². The lowest BCUT2D eigenvalue weighted by Gasteiger charge is -2.21. The molecule has 8 heteroatoms. The maximum Gasteiger partial charge on any atom is 0.225 e. The van der Waals surface area contributed by atoms with Crippen LogP contribution in [0.25, 0.3) is 0 Å². The van der Waals surface area contributed by atoms with E-state index in [1.165, 1.54) is 12.1 Å². The van der Waals surface area contributed by atoms with Gasteiger partial charge in [-0.1, -0.05) is 12.1 Å². The molecule has 0 bridgehead atoms. The maximum absolute atomic E-state index is 13.6. The third kappa shape index (κ3) is 3.48. The van der Waals surface area contributed by atoms with E-state index in [-0.39, 0.29) is 17.4 Å². The number of imidazole rings is 1. The molecule has 0 aliphatic carbocycles. The topological polar surface area (TPSA) is 81.1 Å².